The summed E-state index contributed by atoms with van der Waals surface area (Å²) in [5.41, 5.74) is 2.23. The average molecular weight is 221 g/mol. The van der Waals surface area contributed by atoms with Crippen molar-refractivity contribution in [2.24, 2.45) is 0 Å². The molecule has 15 heavy (non-hydrogen) atoms. The molecule has 0 aliphatic heterocycles. The minimum atomic E-state index is 0.670. The predicted molar refractivity (Wildman–Crippen MR) is 61.4 cm³/mol. The third-order valence-electron chi connectivity index (χ3n) is 3.21. The topological polar surface area (TPSA) is 17.3 Å². The first-order chi connectivity index (χ1) is 7.33. The Hall–Kier alpha value is -1.02. The fourth-order valence-corrected chi connectivity index (χ4v) is 2.57. The van der Waals surface area contributed by atoms with E-state index in [4.69, 9.17) is 11.6 Å². The van der Waals surface area contributed by atoms with E-state index in [0.29, 0.717) is 5.92 Å². The molecule has 2 aromatic heterocycles. The molecule has 1 saturated carbocycles. The van der Waals surface area contributed by atoms with Gasteiger partial charge in [-0.1, -0.05) is 24.4 Å². The number of hydrogen-bond acceptors (Lipinski definition) is 1. The molecule has 2 aromatic rings. The van der Waals surface area contributed by atoms with Crippen molar-refractivity contribution in [3.8, 4) is 0 Å². The van der Waals surface area contributed by atoms with Crippen molar-refractivity contribution in [3.05, 3.63) is 35.2 Å². The molecule has 1 fully saturated rings. The molecule has 3 heteroatoms. The number of halogens is 1. The van der Waals surface area contributed by atoms with E-state index >= 15 is 0 Å². The van der Waals surface area contributed by atoms with Crippen LogP contribution in [0.4, 0.5) is 0 Å². The van der Waals surface area contributed by atoms with Crippen LogP contribution in [0, 0.1) is 0 Å². The van der Waals surface area contributed by atoms with Gasteiger partial charge < -0.3 is 4.40 Å². The van der Waals surface area contributed by atoms with E-state index in [2.05, 4.69) is 11.2 Å². The third-order valence-corrected chi connectivity index (χ3v) is 3.43. The van der Waals surface area contributed by atoms with Gasteiger partial charge in [0, 0.05) is 18.3 Å². The van der Waals surface area contributed by atoms with E-state index in [-0.39, 0.29) is 0 Å². The van der Waals surface area contributed by atoms with Crippen LogP contribution in [0.1, 0.15) is 37.3 Å². The second kappa shape index (κ2) is 3.53. The van der Waals surface area contributed by atoms with Crippen molar-refractivity contribution in [1.82, 2.24) is 9.38 Å². The Morgan fingerprint density at radius 1 is 1.20 bits per heavy atom. The van der Waals surface area contributed by atoms with Crippen LogP contribution >= 0.6 is 11.6 Å². The lowest BCUT2D eigenvalue weighted by molar-refractivity contribution is 0.703. The van der Waals surface area contributed by atoms with Crippen LogP contribution < -0.4 is 0 Å². The second-order valence-electron chi connectivity index (χ2n) is 4.26. The maximum Gasteiger partial charge on any atom is 0.137 e. The summed E-state index contributed by atoms with van der Waals surface area (Å²) in [6.45, 7) is 0. The Kier molecular flexibility index (Phi) is 2.17. The normalized spacial score (nSPS) is 17.7. The summed E-state index contributed by atoms with van der Waals surface area (Å²) < 4.78 is 2.02. The van der Waals surface area contributed by atoms with Gasteiger partial charge in [-0.25, -0.2) is 4.98 Å². The van der Waals surface area contributed by atoms with Gasteiger partial charge in [0.25, 0.3) is 0 Å². The Balaban J connectivity index is 2.05. The maximum atomic E-state index is 5.94. The first-order valence-electron chi connectivity index (χ1n) is 5.47. The van der Waals surface area contributed by atoms with Gasteiger partial charge in [0.05, 0.1) is 10.7 Å². The van der Waals surface area contributed by atoms with E-state index in [1.807, 2.05) is 22.7 Å². The van der Waals surface area contributed by atoms with Gasteiger partial charge in [0.2, 0.25) is 0 Å². The van der Waals surface area contributed by atoms with Gasteiger partial charge in [0.1, 0.15) is 5.65 Å². The van der Waals surface area contributed by atoms with E-state index in [0.717, 1.165) is 10.7 Å². The summed E-state index contributed by atoms with van der Waals surface area (Å²) in [4.78, 5) is 4.64. The van der Waals surface area contributed by atoms with E-state index in [1.165, 1.54) is 31.4 Å². The second-order valence-corrected chi connectivity index (χ2v) is 4.70. The fourth-order valence-electron chi connectivity index (χ4n) is 2.40. The third kappa shape index (κ3) is 1.63. The molecule has 0 atom stereocenters. The molecule has 0 saturated heterocycles. The summed E-state index contributed by atoms with van der Waals surface area (Å²) >= 11 is 5.94. The maximum absolute atomic E-state index is 5.94. The van der Waals surface area contributed by atoms with Crippen LogP contribution in [-0.4, -0.2) is 9.38 Å². The summed E-state index contributed by atoms with van der Waals surface area (Å²) in [7, 11) is 0. The van der Waals surface area contributed by atoms with Gasteiger partial charge in [-0.05, 0) is 25.0 Å². The van der Waals surface area contributed by atoms with Crippen LogP contribution in [0.3, 0.4) is 0 Å². The molecule has 1 aliphatic rings. The van der Waals surface area contributed by atoms with Crippen molar-refractivity contribution in [3.63, 3.8) is 0 Å². The quantitative estimate of drug-likeness (QED) is 0.717. The number of rotatable bonds is 1. The minimum absolute atomic E-state index is 0.670. The smallest absolute Gasteiger partial charge is 0.137 e. The summed E-state index contributed by atoms with van der Waals surface area (Å²) in [6.07, 6.45) is 9.31. The lowest BCUT2D eigenvalue weighted by atomic mass is 10.1. The number of imidazole rings is 1. The molecule has 0 aromatic carbocycles. The molecule has 78 valence electrons. The molecular weight excluding hydrogens is 208 g/mol. The zero-order chi connectivity index (χ0) is 10.3. The van der Waals surface area contributed by atoms with Crippen molar-refractivity contribution in [2.75, 3.05) is 0 Å². The Morgan fingerprint density at radius 2 is 2.00 bits per heavy atom. The van der Waals surface area contributed by atoms with Crippen LogP contribution in [0.5, 0.6) is 0 Å². The molecule has 0 unspecified atom stereocenters. The molecule has 0 amide bonds. The highest BCUT2D eigenvalue weighted by Gasteiger charge is 2.19. The van der Waals surface area contributed by atoms with E-state index in [1.54, 1.807) is 0 Å². The molecular formula is C12H13ClN2. The SMILES string of the molecule is Clc1ccc2nc(C3CCCC3)cn2c1. The van der Waals surface area contributed by atoms with Crippen molar-refractivity contribution >= 4 is 17.2 Å². The predicted octanol–water partition coefficient (Wildman–Crippen LogP) is 3.65. The zero-order valence-electron chi connectivity index (χ0n) is 8.49. The standard InChI is InChI=1S/C12H13ClN2/c13-10-5-6-12-14-11(8-15(12)7-10)9-3-1-2-4-9/h5-9H,1-4H2. The van der Waals surface area contributed by atoms with Crippen LogP contribution in [-0.2, 0) is 0 Å². The summed E-state index contributed by atoms with van der Waals surface area (Å²) in [5.74, 6) is 0.670. The van der Waals surface area contributed by atoms with Gasteiger partial charge in [-0.15, -0.1) is 0 Å². The summed E-state index contributed by atoms with van der Waals surface area (Å²) in [5, 5.41) is 0.762. The Morgan fingerprint density at radius 3 is 2.80 bits per heavy atom. The molecule has 0 spiro atoms. The molecule has 3 rings (SSSR count). The largest absolute Gasteiger partial charge is 0.305 e. The van der Waals surface area contributed by atoms with Gasteiger partial charge >= 0.3 is 0 Å². The molecule has 0 radical (unpaired) electrons. The lowest BCUT2D eigenvalue weighted by Crippen LogP contribution is -1.90. The van der Waals surface area contributed by atoms with Crippen molar-refractivity contribution < 1.29 is 0 Å². The number of hydrogen-bond donors (Lipinski definition) is 0. The number of fused-ring (bicyclic) bond motifs is 1. The van der Waals surface area contributed by atoms with Crippen LogP contribution in [0.15, 0.2) is 24.5 Å². The molecule has 1 aliphatic carbocycles. The number of pyridine rings is 1. The molecule has 0 N–H and O–H groups in total. The van der Waals surface area contributed by atoms with Gasteiger partial charge in [0.15, 0.2) is 0 Å². The Labute approximate surface area is 93.9 Å². The van der Waals surface area contributed by atoms with Gasteiger partial charge in [-0.3, -0.25) is 0 Å². The zero-order valence-corrected chi connectivity index (χ0v) is 9.24. The first kappa shape index (κ1) is 9.22. The van der Waals surface area contributed by atoms with Gasteiger partial charge in [-0.2, -0.15) is 0 Å². The molecule has 0 bridgehead atoms. The van der Waals surface area contributed by atoms with Crippen LogP contribution in [0.25, 0.3) is 5.65 Å². The minimum Gasteiger partial charge on any atom is -0.305 e. The highest BCUT2D eigenvalue weighted by atomic mass is 35.5. The first-order valence-corrected chi connectivity index (χ1v) is 5.85. The highest BCUT2D eigenvalue weighted by Crippen LogP contribution is 2.33. The number of nitrogens with zero attached hydrogens (tertiary/aromatic N) is 2. The summed E-state index contributed by atoms with van der Waals surface area (Å²) in [6, 6.07) is 3.86. The monoisotopic (exact) mass is 220 g/mol. The lowest BCUT2D eigenvalue weighted by Gasteiger charge is -2.02. The number of aromatic nitrogens is 2. The van der Waals surface area contributed by atoms with E-state index < -0.39 is 0 Å². The fraction of sp³-hybridized carbons (Fsp3) is 0.417. The average Bonchev–Trinajstić information content (AvgIpc) is 2.84. The van der Waals surface area contributed by atoms with Crippen LogP contribution in [0.2, 0.25) is 5.02 Å². The van der Waals surface area contributed by atoms with E-state index in [9.17, 15) is 0 Å². The Bertz CT molecular complexity index is 483. The van der Waals surface area contributed by atoms with Crippen molar-refractivity contribution in [1.29, 1.82) is 0 Å². The molecule has 2 nitrogen and oxygen atoms in total. The highest BCUT2D eigenvalue weighted by molar-refractivity contribution is 6.30. The molecule has 2 heterocycles. The van der Waals surface area contributed by atoms with Crippen molar-refractivity contribution in [2.45, 2.75) is 31.6 Å².